The Morgan fingerprint density at radius 1 is 1.24 bits per heavy atom. The van der Waals surface area contributed by atoms with Gasteiger partial charge in [0.25, 0.3) is 0 Å². The number of nitrogens with one attached hydrogen (secondary N) is 2. The Kier molecular flexibility index (Phi) is 9.33. The Balaban J connectivity index is 2.04. The van der Waals surface area contributed by atoms with E-state index < -0.39 is 0 Å². The van der Waals surface area contributed by atoms with Gasteiger partial charge in [0.15, 0.2) is 6.29 Å². The summed E-state index contributed by atoms with van der Waals surface area (Å²) in [5, 5.41) is 6.78. The largest absolute Gasteiger partial charge is 0.365 e. The zero-order chi connectivity index (χ0) is 24.7. The van der Waals surface area contributed by atoms with Crippen molar-refractivity contribution < 1.29 is 4.79 Å². The van der Waals surface area contributed by atoms with Crippen LogP contribution in [0.15, 0.2) is 41.5 Å². The summed E-state index contributed by atoms with van der Waals surface area (Å²) in [6.45, 7) is 9.36. The lowest BCUT2D eigenvalue weighted by atomic mass is 10.0. The Morgan fingerprint density at radius 3 is 2.56 bits per heavy atom. The first-order valence-corrected chi connectivity index (χ1v) is 12.3. The second-order valence-electron chi connectivity index (χ2n) is 9.55. The van der Waals surface area contributed by atoms with Crippen molar-refractivity contribution in [3.8, 4) is 11.1 Å². The highest BCUT2D eigenvalue weighted by atomic mass is 16.1. The van der Waals surface area contributed by atoms with Crippen molar-refractivity contribution in [1.29, 1.82) is 0 Å². The summed E-state index contributed by atoms with van der Waals surface area (Å²) < 4.78 is 0. The van der Waals surface area contributed by atoms with Crippen molar-refractivity contribution in [2.24, 2.45) is 4.99 Å². The average Bonchev–Trinajstić information content (AvgIpc) is 2.80. The average molecular weight is 465 g/mol. The molecule has 7 heteroatoms. The molecule has 0 spiro atoms. The number of likely N-dealkylation sites (N-methyl/N-ethyl adjacent to an activating group) is 1. The molecule has 7 nitrogen and oxygen atoms in total. The smallest absolute Gasteiger partial charge is 0.152 e. The molecule has 1 aliphatic rings. The fraction of sp³-hybridized carbons (Fsp3) is 0.519. The van der Waals surface area contributed by atoms with Gasteiger partial charge in [0, 0.05) is 57.6 Å². The van der Waals surface area contributed by atoms with Crippen molar-refractivity contribution in [2.75, 3.05) is 34.2 Å². The number of hydrogen-bond acceptors (Lipinski definition) is 6. The molecule has 0 bridgehead atoms. The number of hydrogen-bond donors (Lipinski definition) is 2. The maximum absolute atomic E-state index is 11.9. The van der Waals surface area contributed by atoms with E-state index in [4.69, 9.17) is 4.99 Å². The van der Waals surface area contributed by atoms with Crippen LogP contribution >= 0.6 is 0 Å². The predicted octanol–water partition coefficient (Wildman–Crippen LogP) is 3.72. The molecule has 1 aromatic carbocycles. The number of carbonyl (C=O) groups is 1. The van der Waals surface area contributed by atoms with Crippen LogP contribution < -0.4 is 10.6 Å². The summed E-state index contributed by atoms with van der Waals surface area (Å²) >= 11 is 0. The molecule has 3 rings (SSSR count). The predicted molar refractivity (Wildman–Crippen MR) is 141 cm³/mol. The molecule has 0 amide bonds. The van der Waals surface area contributed by atoms with Crippen LogP contribution in [-0.2, 0) is 6.54 Å². The van der Waals surface area contributed by atoms with Gasteiger partial charge in [-0.15, -0.1) is 0 Å². The summed E-state index contributed by atoms with van der Waals surface area (Å²) in [6, 6.07) is 11.0. The quantitative estimate of drug-likeness (QED) is 0.335. The lowest BCUT2D eigenvalue weighted by Gasteiger charge is -2.42. The number of benzene rings is 1. The lowest BCUT2D eigenvalue weighted by Crippen LogP contribution is -2.59. The van der Waals surface area contributed by atoms with Gasteiger partial charge < -0.3 is 15.5 Å². The first-order valence-electron chi connectivity index (χ1n) is 12.3. The van der Waals surface area contributed by atoms with Crippen LogP contribution in [0.25, 0.3) is 11.1 Å². The molecule has 1 aliphatic heterocycles. The number of piperazine rings is 1. The lowest BCUT2D eigenvalue weighted by molar-refractivity contribution is 0.112. The Bertz CT molecular complexity index is 979. The topological polar surface area (TPSA) is 72.9 Å². The van der Waals surface area contributed by atoms with E-state index >= 15 is 0 Å². The van der Waals surface area contributed by atoms with Crippen LogP contribution in [0.5, 0.6) is 0 Å². The van der Waals surface area contributed by atoms with Crippen LogP contribution in [0.2, 0.25) is 0 Å². The van der Waals surface area contributed by atoms with Crippen LogP contribution in [-0.4, -0.2) is 79.3 Å². The molecule has 0 radical (unpaired) electrons. The van der Waals surface area contributed by atoms with Gasteiger partial charge >= 0.3 is 0 Å². The van der Waals surface area contributed by atoms with Crippen LogP contribution in [0.4, 0.5) is 5.69 Å². The van der Waals surface area contributed by atoms with Crippen molar-refractivity contribution in [1.82, 2.24) is 25.4 Å². The minimum Gasteiger partial charge on any atom is -0.365 e. The van der Waals surface area contributed by atoms with Gasteiger partial charge in [0.05, 0.1) is 17.4 Å². The molecule has 0 aliphatic carbocycles. The molecule has 1 fully saturated rings. The van der Waals surface area contributed by atoms with Gasteiger partial charge in [0.1, 0.15) is 5.84 Å². The first kappa shape index (κ1) is 26.0. The number of rotatable bonds is 9. The molecule has 1 saturated heterocycles. The number of carbonyl (C=O) groups excluding carboxylic acids is 1. The normalized spacial score (nSPS) is 20.2. The van der Waals surface area contributed by atoms with Gasteiger partial charge in [0.2, 0.25) is 0 Å². The maximum Gasteiger partial charge on any atom is 0.152 e. The number of nitrogens with zero attached hydrogens (tertiary/aromatic N) is 4. The highest BCUT2D eigenvalue weighted by molar-refractivity contribution is 5.93. The molecule has 1 aromatic heterocycles. The van der Waals surface area contributed by atoms with Gasteiger partial charge in [-0.25, -0.2) is 4.99 Å². The summed E-state index contributed by atoms with van der Waals surface area (Å²) in [4.78, 5) is 26.1. The SMILES string of the molecule is CCCC(C(=Nc1cc(-c2ccnc(CNC)c2)ccc1C=O)N(C)C)N1CC(C)NC(C)C1. The Morgan fingerprint density at radius 2 is 1.94 bits per heavy atom. The van der Waals surface area contributed by atoms with Gasteiger partial charge in [-0.3, -0.25) is 14.7 Å². The van der Waals surface area contributed by atoms with E-state index in [1.54, 1.807) is 0 Å². The molecule has 2 N–H and O–H groups in total. The highest BCUT2D eigenvalue weighted by Crippen LogP contribution is 2.29. The van der Waals surface area contributed by atoms with E-state index in [2.05, 4.69) is 52.3 Å². The van der Waals surface area contributed by atoms with Crippen LogP contribution in [0.3, 0.4) is 0 Å². The van der Waals surface area contributed by atoms with Crippen LogP contribution in [0.1, 0.15) is 49.7 Å². The van der Waals surface area contributed by atoms with Crippen LogP contribution in [0, 0.1) is 0 Å². The van der Waals surface area contributed by atoms with E-state index in [1.807, 2.05) is 51.6 Å². The molecule has 2 heterocycles. The number of aliphatic imine (C=N–C) groups is 1. The molecule has 3 atom stereocenters. The third-order valence-corrected chi connectivity index (χ3v) is 6.25. The van der Waals surface area contributed by atoms with E-state index in [1.165, 1.54) is 0 Å². The third kappa shape index (κ3) is 6.50. The van der Waals surface area contributed by atoms with E-state index in [0.717, 1.165) is 54.9 Å². The monoisotopic (exact) mass is 464 g/mol. The number of pyridine rings is 1. The fourth-order valence-electron chi connectivity index (χ4n) is 4.82. The van der Waals surface area contributed by atoms with Gasteiger partial charge in [-0.2, -0.15) is 0 Å². The summed E-state index contributed by atoms with van der Waals surface area (Å²) in [5.41, 5.74) is 4.38. The minimum absolute atomic E-state index is 0.193. The van der Waals surface area contributed by atoms with Crippen molar-refractivity contribution in [2.45, 2.75) is 58.3 Å². The molecular formula is C27H40N6O. The number of amidine groups is 1. The van der Waals surface area contributed by atoms with Gasteiger partial charge in [-0.05, 0) is 62.7 Å². The number of aromatic nitrogens is 1. The standard InChI is InChI=1S/C27H40N6O/c1-7-8-26(33-16-19(2)30-20(3)17-33)27(32(5)6)31-25-14-21(9-10-23(25)18-34)22-11-12-29-24(13-22)15-28-4/h9-14,18-20,26,28,30H,7-8,15-17H2,1-6H3. The fourth-order valence-corrected chi connectivity index (χ4v) is 4.82. The van der Waals surface area contributed by atoms with Crippen molar-refractivity contribution in [3.05, 3.63) is 47.8 Å². The van der Waals surface area contributed by atoms with E-state index in [9.17, 15) is 4.79 Å². The van der Waals surface area contributed by atoms with E-state index in [0.29, 0.717) is 29.9 Å². The van der Waals surface area contributed by atoms with Crippen molar-refractivity contribution in [3.63, 3.8) is 0 Å². The maximum atomic E-state index is 11.9. The van der Waals surface area contributed by atoms with E-state index in [-0.39, 0.29) is 6.04 Å². The molecule has 2 aromatic rings. The molecular weight excluding hydrogens is 424 g/mol. The van der Waals surface area contributed by atoms with Gasteiger partial charge in [-0.1, -0.05) is 19.4 Å². The highest BCUT2D eigenvalue weighted by Gasteiger charge is 2.30. The Hall–Kier alpha value is -2.61. The molecule has 184 valence electrons. The summed E-state index contributed by atoms with van der Waals surface area (Å²) in [6.07, 6.45) is 4.81. The summed E-state index contributed by atoms with van der Waals surface area (Å²) in [5.74, 6) is 0.994. The zero-order valence-electron chi connectivity index (χ0n) is 21.5. The Labute approximate surface area is 204 Å². The molecule has 34 heavy (non-hydrogen) atoms. The zero-order valence-corrected chi connectivity index (χ0v) is 21.5. The minimum atomic E-state index is 0.193. The second-order valence-corrected chi connectivity index (χ2v) is 9.55. The number of aldehydes is 1. The summed E-state index contributed by atoms with van der Waals surface area (Å²) in [7, 11) is 6.01. The second kappa shape index (κ2) is 12.2. The third-order valence-electron chi connectivity index (χ3n) is 6.25. The first-order chi connectivity index (χ1) is 16.4. The molecule has 3 unspecified atom stereocenters. The molecule has 0 saturated carbocycles. The van der Waals surface area contributed by atoms with Crippen molar-refractivity contribution >= 4 is 17.8 Å².